The van der Waals surface area contributed by atoms with Gasteiger partial charge < -0.3 is 14.8 Å². The summed E-state index contributed by atoms with van der Waals surface area (Å²) in [5.41, 5.74) is 3.02. The predicted molar refractivity (Wildman–Crippen MR) is 130 cm³/mol. The van der Waals surface area contributed by atoms with Gasteiger partial charge in [0, 0.05) is 4.88 Å². The van der Waals surface area contributed by atoms with Gasteiger partial charge in [0.05, 0.1) is 12.2 Å². The van der Waals surface area contributed by atoms with Crippen LogP contribution in [0, 0.1) is 11.3 Å². The van der Waals surface area contributed by atoms with Crippen LogP contribution >= 0.6 is 11.3 Å². The number of anilines is 1. The lowest BCUT2D eigenvalue weighted by molar-refractivity contribution is -0.118. The van der Waals surface area contributed by atoms with Crippen molar-refractivity contribution >= 4 is 28.2 Å². The van der Waals surface area contributed by atoms with Gasteiger partial charge in [-0.2, -0.15) is 0 Å². The summed E-state index contributed by atoms with van der Waals surface area (Å²) in [7, 11) is 0. The normalized spacial score (nSPS) is 15.7. The van der Waals surface area contributed by atoms with Crippen LogP contribution in [0.15, 0.2) is 24.3 Å². The maximum Gasteiger partial charge on any atom is 0.341 e. The van der Waals surface area contributed by atoms with Gasteiger partial charge in [0.15, 0.2) is 6.61 Å². The first kappa shape index (κ1) is 24.3. The quantitative estimate of drug-likeness (QED) is 0.490. The minimum atomic E-state index is -0.359. The van der Waals surface area contributed by atoms with Crippen LogP contribution in [0.2, 0.25) is 0 Å². The molecule has 6 heteroatoms. The number of aryl methyl sites for hydroxylation is 1. The molecule has 5 nitrogen and oxygen atoms in total. The van der Waals surface area contributed by atoms with Gasteiger partial charge in [-0.1, -0.05) is 46.2 Å². The molecule has 32 heavy (non-hydrogen) atoms. The van der Waals surface area contributed by atoms with E-state index in [1.807, 2.05) is 24.3 Å². The van der Waals surface area contributed by atoms with E-state index < -0.39 is 0 Å². The van der Waals surface area contributed by atoms with Crippen LogP contribution in [-0.4, -0.2) is 25.1 Å². The Bertz CT molecular complexity index is 940. The Morgan fingerprint density at radius 1 is 1.16 bits per heavy atom. The molecule has 0 aliphatic heterocycles. The number of ether oxygens (including phenoxy) is 2. The predicted octanol–water partition coefficient (Wildman–Crippen LogP) is 6.05. The van der Waals surface area contributed by atoms with Crippen molar-refractivity contribution in [2.75, 3.05) is 18.5 Å². The molecule has 1 heterocycles. The number of carbonyl (C=O) groups is 2. The van der Waals surface area contributed by atoms with E-state index in [4.69, 9.17) is 9.47 Å². The Morgan fingerprint density at radius 2 is 1.88 bits per heavy atom. The molecule has 1 atom stereocenters. The number of benzene rings is 1. The lowest BCUT2D eigenvalue weighted by Gasteiger charge is -2.33. The summed E-state index contributed by atoms with van der Waals surface area (Å²) in [6.45, 7) is 10.9. The maximum atomic E-state index is 12.7. The first-order chi connectivity index (χ1) is 15.2. The molecule has 174 valence electrons. The van der Waals surface area contributed by atoms with Crippen molar-refractivity contribution < 1.29 is 19.1 Å². The smallest absolute Gasteiger partial charge is 0.341 e. The number of nitrogens with one attached hydrogen (secondary N) is 1. The van der Waals surface area contributed by atoms with Crippen LogP contribution < -0.4 is 10.1 Å². The second kappa shape index (κ2) is 10.5. The van der Waals surface area contributed by atoms with Gasteiger partial charge in [-0.15, -0.1) is 11.3 Å². The number of rotatable bonds is 8. The number of thiophene rings is 1. The molecule has 0 spiro atoms. The molecule has 1 aliphatic carbocycles. The zero-order valence-electron chi connectivity index (χ0n) is 19.9. The number of hydrogen-bond acceptors (Lipinski definition) is 5. The molecule has 1 aromatic heterocycles. The minimum absolute atomic E-state index is 0.109. The molecule has 0 fully saturated rings. The molecular formula is C26H35NO4S. The Labute approximate surface area is 195 Å². The van der Waals surface area contributed by atoms with Gasteiger partial charge in [-0.25, -0.2) is 4.79 Å². The maximum absolute atomic E-state index is 12.7. The average Bonchev–Trinajstić information content (AvgIpc) is 3.10. The molecule has 1 aromatic carbocycles. The second-order valence-electron chi connectivity index (χ2n) is 9.46. The minimum Gasteiger partial charge on any atom is -0.484 e. The Morgan fingerprint density at radius 3 is 2.50 bits per heavy atom. The number of fused-ring (bicyclic) bond motifs is 1. The molecule has 1 amide bonds. The van der Waals surface area contributed by atoms with Crippen LogP contribution in [-0.2, 0) is 28.8 Å². The van der Waals surface area contributed by atoms with Crippen molar-refractivity contribution in [2.45, 2.75) is 66.7 Å². The van der Waals surface area contributed by atoms with E-state index >= 15 is 0 Å². The van der Waals surface area contributed by atoms with E-state index in [0.717, 1.165) is 37.7 Å². The number of esters is 1. The molecule has 0 radical (unpaired) electrons. The second-order valence-corrected chi connectivity index (χ2v) is 10.6. The summed E-state index contributed by atoms with van der Waals surface area (Å²) >= 11 is 1.51. The van der Waals surface area contributed by atoms with Crippen molar-refractivity contribution in [1.82, 2.24) is 0 Å². The SMILES string of the molecule is CCCc1ccc(OCC(=O)Nc2sc3c(c2C(=O)OCC)CCC(C(C)(C)C)C3)cc1. The standard InChI is InChI=1S/C26H35NO4S/c1-6-8-17-9-12-19(13-10-17)31-16-22(28)27-24-23(25(29)30-7-2)20-14-11-18(26(3,4)5)15-21(20)32-24/h9-10,12-13,18H,6-8,11,14-16H2,1-5H3,(H,27,28). The summed E-state index contributed by atoms with van der Waals surface area (Å²) in [6.07, 6.45) is 4.90. The van der Waals surface area contributed by atoms with Gasteiger partial charge in [-0.3, -0.25) is 4.79 Å². The summed E-state index contributed by atoms with van der Waals surface area (Å²) < 4.78 is 11.0. The van der Waals surface area contributed by atoms with E-state index in [0.29, 0.717) is 28.8 Å². The summed E-state index contributed by atoms with van der Waals surface area (Å²) in [5.74, 6) is 0.566. The zero-order valence-corrected chi connectivity index (χ0v) is 20.7. The van der Waals surface area contributed by atoms with Crippen molar-refractivity contribution in [1.29, 1.82) is 0 Å². The van der Waals surface area contributed by atoms with Gasteiger partial charge in [0.2, 0.25) is 0 Å². The van der Waals surface area contributed by atoms with Gasteiger partial charge in [0.1, 0.15) is 10.8 Å². The summed E-state index contributed by atoms with van der Waals surface area (Å²) in [5, 5.41) is 3.49. The summed E-state index contributed by atoms with van der Waals surface area (Å²) in [6, 6.07) is 7.82. The third kappa shape index (κ3) is 5.91. The molecule has 0 saturated carbocycles. The van der Waals surface area contributed by atoms with Crippen LogP contribution in [0.25, 0.3) is 0 Å². The highest BCUT2D eigenvalue weighted by Crippen LogP contribution is 2.44. The highest BCUT2D eigenvalue weighted by molar-refractivity contribution is 7.17. The van der Waals surface area contributed by atoms with Crippen molar-refractivity contribution in [2.24, 2.45) is 11.3 Å². The lowest BCUT2D eigenvalue weighted by atomic mass is 9.72. The fourth-order valence-electron chi connectivity index (χ4n) is 4.18. The largest absolute Gasteiger partial charge is 0.484 e. The number of carbonyl (C=O) groups excluding carboxylic acids is 2. The molecular weight excluding hydrogens is 422 g/mol. The van der Waals surface area contributed by atoms with E-state index in [2.05, 4.69) is 33.0 Å². The monoisotopic (exact) mass is 457 g/mol. The number of hydrogen-bond donors (Lipinski definition) is 1. The first-order valence-corrected chi connectivity index (χ1v) is 12.4. The molecule has 1 N–H and O–H groups in total. The van der Waals surface area contributed by atoms with E-state index in [9.17, 15) is 9.59 Å². The van der Waals surface area contributed by atoms with Crippen LogP contribution in [0.3, 0.4) is 0 Å². The first-order valence-electron chi connectivity index (χ1n) is 11.6. The van der Waals surface area contributed by atoms with E-state index in [1.165, 1.54) is 21.8 Å². The van der Waals surface area contributed by atoms with Gasteiger partial charge in [-0.05, 0) is 67.2 Å². The Hall–Kier alpha value is -2.34. The van der Waals surface area contributed by atoms with E-state index in [1.54, 1.807) is 6.92 Å². The fraction of sp³-hybridized carbons (Fsp3) is 0.538. The van der Waals surface area contributed by atoms with Crippen LogP contribution in [0.4, 0.5) is 5.00 Å². The Balaban J connectivity index is 1.72. The van der Waals surface area contributed by atoms with Crippen molar-refractivity contribution in [3.05, 3.63) is 45.8 Å². The topological polar surface area (TPSA) is 64.6 Å². The van der Waals surface area contributed by atoms with Gasteiger partial charge >= 0.3 is 5.97 Å². The molecule has 0 bridgehead atoms. The molecule has 0 saturated heterocycles. The molecule has 3 rings (SSSR count). The highest BCUT2D eigenvalue weighted by atomic mass is 32.1. The molecule has 2 aromatic rings. The van der Waals surface area contributed by atoms with Gasteiger partial charge in [0.25, 0.3) is 5.91 Å². The molecule has 1 aliphatic rings. The van der Waals surface area contributed by atoms with Crippen molar-refractivity contribution in [3.63, 3.8) is 0 Å². The fourth-order valence-corrected chi connectivity index (χ4v) is 5.52. The van der Waals surface area contributed by atoms with Crippen LogP contribution in [0.5, 0.6) is 5.75 Å². The average molecular weight is 458 g/mol. The van der Waals surface area contributed by atoms with Crippen molar-refractivity contribution in [3.8, 4) is 5.75 Å². The number of amides is 1. The third-order valence-electron chi connectivity index (χ3n) is 6.05. The zero-order chi connectivity index (χ0) is 23.3. The lowest BCUT2D eigenvalue weighted by Crippen LogP contribution is -2.26. The third-order valence-corrected chi connectivity index (χ3v) is 7.22. The highest BCUT2D eigenvalue weighted by Gasteiger charge is 2.34. The molecule has 1 unspecified atom stereocenters. The van der Waals surface area contributed by atoms with E-state index in [-0.39, 0.29) is 23.9 Å². The van der Waals surface area contributed by atoms with Crippen LogP contribution in [0.1, 0.15) is 73.8 Å². The Kier molecular flexibility index (Phi) is 7.99. The summed E-state index contributed by atoms with van der Waals surface area (Å²) in [4.78, 5) is 26.6.